The SMILES string of the molecule is COc1ccc(C(N)C2(OC)CCCCC2)c(OC)c1Br. The molecular weight excluding hydrogens is 334 g/mol. The van der Waals surface area contributed by atoms with Crippen LogP contribution in [0.1, 0.15) is 43.7 Å². The van der Waals surface area contributed by atoms with Gasteiger partial charge in [-0.05, 0) is 40.9 Å². The summed E-state index contributed by atoms with van der Waals surface area (Å²) in [6.07, 6.45) is 5.53. The quantitative estimate of drug-likeness (QED) is 0.870. The van der Waals surface area contributed by atoms with Crippen LogP contribution in [0.2, 0.25) is 0 Å². The third kappa shape index (κ3) is 3.05. The summed E-state index contributed by atoms with van der Waals surface area (Å²) < 4.78 is 17.5. The number of benzene rings is 1. The minimum Gasteiger partial charge on any atom is -0.495 e. The molecule has 0 saturated heterocycles. The monoisotopic (exact) mass is 357 g/mol. The summed E-state index contributed by atoms with van der Waals surface area (Å²) in [5.74, 6) is 1.46. The summed E-state index contributed by atoms with van der Waals surface area (Å²) in [7, 11) is 5.04. The summed E-state index contributed by atoms with van der Waals surface area (Å²) in [5.41, 5.74) is 7.23. The Morgan fingerprint density at radius 1 is 1.10 bits per heavy atom. The van der Waals surface area contributed by atoms with Gasteiger partial charge in [0.1, 0.15) is 16.0 Å². The second-order valence-electron chi connectivity index (χ2n) is 5.51. The lowest BCUT2D eigenvalue weighted by Crippen LogP contribution is -2.44. The number of rotatable bonds is 5. The average molecular weight is 358 g/mol. The summed E-state index contributed by atoms with van der Waals surface area (Å²) in [5, 5.41) is 0. The molecule has 0 heterocycles. The lowest BCUT2D eigenvalue weighted by molar-refractivity contribution is -0.0599. The Balaban J connectivity index is 2.42. The molecule has 0 spiro atoms. The van der Waals surface area contributed by atoms with Gasteiger partial charge >= 0.3 is 0 Å². The molecule has 0 amide bonds. The number of hydrogen-bond donors (Lipinski definition) is 1. The van der Waals surface area contributed by atoms with Gasteiger partial charge in [-0.15, -0.1) is 0 Å². The third-order valence-corrected chi connectivity index (χ3v) is 5.28. The maximum Gasteiger partial charge on any atom is 0.141 e. The van der Waals surface area contributed by atoms with Crippen LogP contribution in [0, 0.1) is 0 Å². The Hall–Kier alpha value is -0.780. The Labute approximate surface area is 135 Å². The molecule has 1 fully saturated rings. The van der Waals surface area contributed by atoms with E-state index in [0.717, 1.165) is 47.2 Å². The predicted molar refractivity (Wildman–Crippen MR) is 87.0 cm³/mol. The minimum atomic E-state index is -0.306. The maximum atomic E-state index is 6.59. The minimum absolute atomic E-state index is 0.222. The van der Waals surface area contributed by atoms with Crippen LogP contribution in [0.5, 0.6) is 11.5 Å². The first-order valence-corrected chi connectivity index (χ1v) is 8.10. The van der Waals surface area contributed by atoms with Gasteiger partial charge in [0, 0.05) is 12.7 Å². The molecule has 2 N–H and O–H groups in total. The molecule has 0 aromatic heterocycles. The average Bonchev–Trinajstić information content (AvgIpc) is 2.54. The van der Waals surface area contributed by atoms with E-state index in [9.17, 15) is 0 Å². The van der Waals surface area contributed by atoms with Crippen molar-refractivity contribution in [2.45, 2.75) is 43.7 Å². The summed E-state index contributed by atoms with van der Waals surface area (Å²) in [6.45, 7) is 0. The van der Waals surface area contributed by atoms with Crippen molar-refractivity contribution in [3.63, 3.8) is 0 Å². The molecule has 2 rings (SSSR count). The van der Waals surface area contributed by atoms with Crippen LogP contribution in [-0.4, -0.2) is 26.9 Å². The van der Waals surface area contributed by atoms with E-state index in [0.29, 0.717) is 0 Å². The molecule has 118 valence electrons. The standard InChI is InChI=1S/C16H24BrNO3/c1-19-12-8-7-11(14(20-2)13(12)17)15(18)16(21-3)9-5-4-6-10-16/h7-8,15H,4-6,9-10,18H2,1-3H3. The first-order valence-electron chi connectivity index (χ1n) is 7.30. The zero-order chi connectivity index (χ0) is 15.5. The van der Waals surface area contributed by atoms with E-state index in [2.05, 4.69) is 15.9 Å². The molecule has 21 heavy (non-hydrogen) atoms. The second kappa shape index (κ2) is 6.99. The Kier molecular flexibility index (Phi) is 5.52. The van der Waals surface area contributed by atoms with E-state index >= 15 is 0 Å². The molecule has 1 aliphatic carbocycles. The van der Waals surface area contributed by atoms with Crippen LogP contribution < -0.4 is 15.2 Å². The van der Waals surface area contributed by atoms with Crippen LogP contribution in [-0.2, 0) is 4.74 Å². The van der Waals surface area contributed by atoms with Crippen molar-refractivity contribution >= 4 is 15.9 Å². The highest BCUT2D eigenvalue weighted by atomic mass is 79.9. The topological polar surface area (TPSA) is 53.7 Å². The molecule has 0 radical (unpaired) electrons. The zero-order valence-electron chi connectivity index (χ0n) is 12.9. The van der Waals surface area contributed by atoms with Crippen LogP contribution in [0.25, 0.3) is 0 Å². The van der Waals surface area contributed by atoms with Crippen LogP contribution >= 0.6 is 15.9 Å². The first kappa shape index (κ1) is 16.6. The summed E-state index contributed by atoms with van der Waals surface area (Å²) in [4.78, 5) is 0. The number of methoxy groups -OCH3 is 3. The van der Waals surface area contributed by atoms with Crippen molar-refractivity contribution < 1.29 is 14.2 Å². The summed E-state index contributed by atoms with van der Waals surface area (Å²) >= 11 is 3.54. The van der Waals surface area contributed by atoms with Crippen molar-refractivity contribution in [3.05, 3.63) is 22.2 Å². The molecule has 0 bridgehead atoms. The van der Waals surface area contributed by atoms with Gasteiger partial charge in [0.25, 0.3) is 0 Å². The second-order valence-corrected chi connectivity index (χ2v) is 6.30. The van der Waals surface area contributed by atoms with Crippen molar-refractivity contribution in [1.29, 1.82) is 0 Å². The van der Waals surface area contributed by atoms with E-state index < -0.39 is 0 Å². The Bertz CT molecular complexity index is 487. The van der Waals surface area contributed by atoms with Crippen molar-refractivity contribution in [2.24, 2.45) is 5.73 Å². The fourth-order valence-electron chi connectivity index (χ4n) is 3.24. The fourth-order valence-corrected chi connectivity index (χ4v) is 3.92. The number of halogens is 1. The normalized spacial score (nSPS) is 19.1. The molecule has 1 unspecified atom stereocenters. The summed E-state index contributed by atoms with van der Waals surface area (Å²) in [6, 6.07) is 3.66. The highest BCUT2D eigenvalue weighted by Gasteiger charge is 2.40. The van der Waals surface area contributed by atoms with Gasteiger partial charge in [-0.1, -0.05) is 19.3 Å². The van der Waals surface area contributed by atoms with Crippen LogP contribution in [0.15, 0.2) is 16.6 Å². The molecule has 4 nitrogen and oxygen atoms in total. The zero-order valence-corrected chi connectivity index (χ0v) is 14.5. The van der Waals surface area contributed by atoms with E-state index in [1.165, 1.54) is 6.42 Å². The molecular formula is C16H24BrNO3. The van der Waals surface area contributed by atoms with E-state index in [-0.39, 0.29) is 11.6 Å². The number of nitrogens with two attached hydrogens (primary N) is 1. The lowest BCUT2D eigenvalue weighted by Gasteiger charge is -2.41. The Morgan fingerprint density at radius 2 is 1.76 bits per heavy atom. The molecule has 5 heteroatoms. The van der Waals surface area contributed by atoms with Crippen molar-refractivity contribution in [1.82, 2.24) is 0 Å². The fraction of sp³-hybridized carbons (Fsp3) is 0.625. The third-order valence-electron chi connectivity index (χ3n) is 4.52. The van der Waals surface area contributed by atoms with Gasteiger partial charge in [0.05, 0.1) is 25.9 Å². The van der Waals surface area contributed by atoms with Crippen molar-refractivity contribution in [2.75, 3.05) is 21.3 Å². The number of ether oxygens (including phenoxy) is 3. The Morgan fingerprint density at radius 3 is 2.29 bits per heavy atom. The lowest BCUT2D eigenvalue weighted by atomic mass is 9.77. The van der Waals surface area contributed by atoms with Gasteiger partial charge in [-0.3, -0.25) is 0 Å². The highest BCUT2D eigenvalue weighted by Crippen LogP contribution is 2.46. The molecule has 1 aromatic carbocycles. The maximum absolute atomic E-state index is 6.59. The van der Waals surface area contributed by atoms with Gasteiger partial charge in [0.15, 0.2) is 0 Å². The van der Waals surface area contributed by atoms with E-state index in [1.807, 2.05) is 12.1 Å². The largest absolute Gasteiger partial charge is 0.495 e. The van der Waals surface area contributed by atoms with E-state index in [1.54, 1.807) is 21.3 Å². The van der Waals surface area contributed by atoms with Gasteiger partial charge in [-0.2, -0.15) is 0 Å². The molecule has 1 saturated carbocycles. The molecule has 0 aliphatic heterocycles. The van der Waals surface area contributed by atoms with Crippen LogP contribution in [0.4, 0.5) is 0 Å². The molecule has 1 atom stereocenters. The van der Waals surface area contributed by atoms with Gasteiger partial charge in [-0.25, -0.2) is 0 Å². The molecule has 1 aliphatic rings. The van der Waals surface area contributed by atoms with Crippen molar-refractivity contribution in [3.8, 4) is 11.5 Å². The number of hydrogen-bond acceptors (Lipinski definition) is 4. The van der Waals surface area contributed by atoms with E-state index in [4.69, 9.17) is 19.9 Å². The molecule has 1 aromatic rings. The van der Waals surface area contributed by atoms with Crippen LogP contribution in [0.3, 0.4) is 0 Å². The highest BCUT2D eigenvalue weighted by molar-refractivity contribution is 9.10. The smallest absolute Gasteiger partial charge is 0.141 e. The van der Waals surface area contributed by atoms with Gasteiger partial charge < -0.3 is 19.9 Å². The van der Waals surface area contributed by atoms with Gasteiger partial charge in [0.2, 0.25) is 0 Å². The first-order chi connectivity index (χ1) is 10.1. The predicted octanol–water partition coefficient (Wildman–Crippen LogP) is 3.82.